The molecule has 126 valence electrons. The van der Waals surface area contributed by atoms with Crippen molar-refractivity contribution in [2.24, 2.45) is 0 Å². The second-order valence-electron chi connectivity index (χ2n) is 6.01. The molecule has 0 spiro atoms. The predicted molar refractivity (Wildman–Crippen MR) is 94.5 cm³/mol. The van der Waals surface area contributed by atoms with Gasteiger partial charge >= 0.3 is 0 Å². The first-order valence-corrected chi connectivity index (χ1v) is 9.50. The van der Waals surface area contributed by atoms with Crippen molar-refractivity contribution < 1.29 is 13.2 Å². The zero-order valence-electron chi connectivity index (χ0n) is 13.7. The molecule has 0 saturated heterocycles. The molecule has 1 aliphatic heterocycles. The molecule has 1 heterocycles. The summed E-state index contributed by atoms with van der Waals surface area (Å²) < 4.78 is 23.6. The maximum atomic E-state index is 12.5. The highest BCUT2D eigenvalue weighted by molar-refractivity contribution is 7.90. The Labute approximate surface area is 146 Å². The van der Waals surface area contributed by atoms with E-state index in [4.69, 9.17) is 5.26 Å². The third-order valence-electron chi connectivity index (χ3n) is 4.16. The zero-order valence-corrected chi connectivity index (χ0v) is 14.5. The van der Waals surface area contributed by atoms with Crippen molar-refractivity contribution in [2.75, 3.05) is 12.8 Å². The molecular formula is C19H16N2O3S. The topological polar surface area (TPSA) is 78.2 Å². The zero-order chi connectivity index (χ0) is 18.2. The van der Waals surface area contributed by atoms with Crippen LogP contribution >= 0.6 is 0 Å². The van der Waals surface area contributed by atoms with Crippen molar-refractivity contribution in [1.82, 2.24) is 4.90 Å². The van der Waals surface area contributed by atoms with Crippen molar-refractivity contribution in [2.45, 2.75) is 11.4 Å². The van der Waals surface area contributed by atoms with E-state index in [0.29, 0.717) is 17.7 Å². The maximum Gasteiger partial charge on any atom is 0.254 e. The van der Waals surface area contributed by atoms with Gasteiger partial charge in [-0.3, -0.25) is 4.79 Å². The molecule has 0 atom stereocenters. The van der Waals surface area contributed by atoms with Crippen molar-refractivity contribution in [3.63, 3.8) is 0 Å². The predicted octanol–water partition coefficient (Wildman–Crippen LogP) is 2.79. The number of nitriles is 1. The van der Waals surface area contributed by atoms with Crippen molar-refractivity contribution in [1.29, 1.82) is 5.26 Å². The third kappa shape index (κ3) is 3.19. The summed E-state index contributed by atoms with van der Waals surface area (Å²) in [6, 6.07) is 14.0. The molecule has 3 rings (SSSR count). The van der Waals surface area contributed by atoms with Crippen molar-refractivity contribution >= 4 is 15.7 Å². The van der Waals surface area contributed by atoms with Gasteiger partial charge in [0, 0.05) is 23.9 Å². The van der Waals surface area contributed by atoms with E-state index in [1.54, 1.807) is 35.2 Å². The lowest BCUT2D eigenvalue weighted by atomic mass is 9.97. The highest BCUT2D eigenvalue weighted by Gasteiger charge is 2.29. The van der Waals surface area contributed by atoms with Crippen molar-refractivity contribution in [3.05, 3.63) is 65.7 Å². The minimum atomic E-state index is -3.31. The van der Waals surface area contributed by atoms with E-state index < -0.39 is 9.84 Å². The highest BCUT2D eigenvalue weighted by atomic mass is 32.2. The SMILES string of the molecule is C=C(C#N)CN1Cc2c(cccc2-c2cccc(S(C)(=O)=O)c2)C1=O. The average Bonchev–Trinajstić information content (AvgIpc) is 2.90. The minimum Gasteiger partial charge on any atom is -0.329 e. The standard InChI is InChI=1S/C19H16N2O3S/c1-13(10-20)11-21-12-18-16(7-4-8-17(18)19(21)22)14-5-3-6-15(9-14)25(2,23)24/h3-9H,1,11-12H2,2H3. The summed E-state index contributed by atoms with van der Waals surface area (Å²) >= 11 is 0. The first-order valence-electron chi connectivity index (χ1n) is 7.61. The number of carbonyl (C=O) groups is 1. The second-order valence-corrected chi connectivity index (χ2v) is 8.02. The molecule has 0 radical (unpaired) electrons. The van der Waals surface area contributed by atoms with Gasteiger partial charge in [0.05, 0.1) is 17.5 Å². The van der Waals surface area contributed by atoms with Gasteiger partial charge in [-0.05, 0) is 34.9 Å². The lowest BCUT2D eigenvalue weighted by Crippen LogP contribution is -2.25. The molecule has 0 fully saturated rings. The number of rotatable bonds is 4. The van der Waals surface area contributed by atoms with Crippen molar-refractivity contribution in [3.8, 4) is 17.2 Å². The van der Waals surface area contributed by atoms with Crippen LogP contribution in [-0.2, 0) is 16.4 Å². The van der Waals surface area contributed by atoms with Crippen LogP contribution in [0.5, 0.6) is 0 Å². The number of hydrogen-bond donors (Lipinski definition) is 0. The van der Waals surface area contributed by atoms with Gasteiger partial charge in [0.25, 0.3) is 5.91 Å². The number of nitrogens with zero attached hydrogens (tertiary/aromatic N) is 2. The maximum absolute atomic E-state index is 12.5. The summed E-state index contributed by atoms with van der Waals surface area (Å²) in [4.78, 5) is 14.3. The number of benzene rings is 2. The molecule has 0 aliphatic carbocycles. The molecule has 1 amide bonds. The summed E-state index contributed by atoms with van der Waals surface area (Å²) in [5, 5.41) is 8.89. The molecule has 0 unspecified atom stereocenters. The molecule has 5 nitrogen and oxygen atoms in total. The lowest BCUT2D eigenvalue weighted by Gasteiger charge is -2.14. The Morgan fingerprint density at radius 2 is 1.92 bits per heavy atom. The first-order chi connectivity index (χ1) is 11.8. The average molecular weight is 352 g/mol. The highest BCUT2D eigenvalue weighted by Crippen LogP contribution is 2.33. The van der Waals surface area contributed by atoms with E-state index >= 15 is 0 Å². The summed E-state index contributed by atoms with van der Waals surface area (Å²) in [5.74, 6) is -0.146. The summed E-state index contributed by atoms with van der Waals surface area (Å²) in [6.07, 6.45) is 1.17. The number of sulfone groups is 1. The Hall–Kier alpha value is -2.91. The fraction of sp³-hybridized carbons (Fsp3) is 0.158. The Morgan fingerprint density at radius 1 is 1.24 bits per heavy atom. The number of fused-ring (bicyclic) bond motifs is 1. The van der Waals surface area contributed by atoms with Gasteiger partial charge in [-0.15, -0.1) is 0 Å². The summed E-state index contributed by atoms with van der Waals surface area (Å²) in [6.45, 7) is 4.19. The molecule has 0 bridgehead atoms. The van der Waals surface area contributed by atoms with Gasteiger partial charge in [0.15, 0.2) is 9.84 Å². The van der Waals surface area contributed by atoms with Gasteiger partial charge in [-0.1, -0.05) is 30.8 Å². The molecule has 0 saturated carbocycles. The van der Waals surface area contributed by atoms with Crippen LogP contribution in [0.4, 0.5) is 0 Å². The Balaban J connectivity index is 2.05. The Kier molecular flexibility index (Phi) is 4.19. The molecule has 2 aromatic carbocycles. The van der Waals surface area contributed by atoms with Crippen LogP contribution in [0.1, 0.15) is 15.9 Å². The smallest absolute Gasteiger partial charge is 0.254 e. The number of amides is 1. The van der Waals surface area contributed by atoms with E-state index in [9.17, 15) is 13.2 Å². The van der Waals surface area contributed by atoms with E-state index in [1.165, 1.54) is 6.26 Å². The van der Waals surface area contributed by atoms with Gasteiger partial charge in [-0.25, -0.2) is 8.42 Å². The van der Waals surface area contributed by atoms with Crippen LogP contribution < -0.4 is 0 Å². The van der Waals surface area contributed by atoms with Gasteiger partial charge in [-0.2, -0.15) is 5.26 Å². The third-order valence-corrected chi connectivity index (χ3v) is 5.27. The molecule has 6 heteroatoms. The van der Waals surface area contributed by atoms with Gasteiger partial charge in [0.2, 0.25) is 0 Å². The van der Waals surface area contributed by atoms with Crippen LogP contribution in [0.25, 0.3) is 11.1 Å². The van der Waals surface area contributed by atoms with E-state index in [0.717, 1.165) is 16.7 Å². The fourth-order valence-corrected chi connectivity index (χ4v) is 3.62. The minimum absolute atomic E-state index is 0.146. The lowest BCUT2D eigenvalue weighted by molar-refractivity contribution is 0.0794. The van der Waals surface area contributed by atoms with Gasteiger partial charge < -0.3 is 4.90 Å². The van der Waals surface area contributed by atoms with Crippen LogP contribution in [0.2, 0.25) is 0 Å². The number of hydrogen-bond acceptors (Lipinski definition) is 4. The van der Waals surface area contributed by atoms with Crippen LogP contribution in [0.15, 0.2) is 59.5 Å². The molecule has 0 N–H and O–H groups in total. The summed E-state index contributed by atoms with van der Waals surface area (Å²) in [7, 11) is -3.31. The number of carbonyl (C=O) groups excluding carboxylic acids is 1. The van der Waals surface area contributed by atoms with E-state index in [2.05, 4.69) is 6.58 Å². The molecule has 2 aromatic rings. The molecule has 1 aliphatic rings. The molecule has 0 aromatic heterocycles. The van der Waals surface area contributed by atoms with Crippen LogP contribution in [-0.4, -0.2) is 32.0 Å². The fourth-order valence-electron chi connectivity index (χ4n) is 2.95. The van der Waals surface area contributed by atoms with E-state index in [1.807, 2.05) is 18.2 Å². The normalized spacial score (nSPS) is 13.4. The Bertz CT molecular complexity index is 1030. The molecule has 25 heavy (non-hydrogen) atoms. The summed E-state index contributed by atoms with van der Waals surface area (Å²) in [5.41, 5.74) is 3.30. The van der Waals surface area contributed by atoms with Gasteiger partial charge in [0.1, 0.15) is 0 Å². The molecular weight excluding hydrogens is 336 g/mol. The monoisotopic (exact) mass is 352 g/mol. The first kappa shape index (κ1) is 16.9. The van der Waals surface area contributed by atoms with E-state index in [-0.39, 0.29) is 17.3 Å². The van der Waals surface area contributed by atoms with Crippen LogP contribution in [0.3, 0.4) is 0 Å². The quantitative estimate of drug-likeness (QED) is 0.793. The Morgan fingerprint density at radius 3 is 2.60 bits per heavy atom. The van der Waals surface area contributed by atoms with Crippen LogP contribution in [0, 0.1) is 11.3 Å². The second kappa shape index (κ2) is 6.19. The largest absolute Gasteiger partial charge is 0.329 e.